The van der Waals surface area contributed by atoms with E-state index in [2.05, 4.69) is 10.6 Å². The van der Waals surface area contributed by atoms with Gasteiger partial charge in [-0.25, -0.2) is 9.59 Å². The monoisotopic (exact) mass is 467 g/mol. The van der Waals surface area contributed by atoms with Gasteiger partial charge in [-0.05, 0) is 56.1 Å². The molecule has 2 heterocycles. The van der Waals surface area contributed by atoms with Gasteiger partial charge in [0, 0.05) is 4.88 Å². The number of hydrogen-bond donors (Lipinski definition) is 2. The number of carbonyl (C=O) groups excluding carboxylic acids is 4. The van der Waals surface area contributed by atoms with E-state index in [0.717, 1.165) is 41.0 Å². The number of ether oxygens (including phenoxy) is 1. The molecule has 0 radical (unpaired) electrons. The normalized spacial score (nSPS) is 19.4. The molecule has 2 aromatic rings. The topological polar surface area (TPSA) is 105 Å². The molecule has 33 heavy (non-hydrogen) atoms. The van der Waals surface area contributed by atoms with Gasteiger partial charge in [0.15, 0.2) is 0 Å². The number of rotatable bonds is 8. The van der Waals surface area contributed by atoms with E-state index in [1.807, 2.05) is 30.3 Å². The van der Waals surface area contributed by atoms with Gasteiger partial charge in [-0.15, -0.1) is 11.3 Å². The number of nitrogens with one attached hydrogen (secondary N) is 2. The second kappa shape index (κ2) is 8.30. The molecule has 1 aromatic carbocycles. The molecule has 1 aliphatic heterocycles. The molecule has 172 valence electrons. The summed E-state index contributed by atoms with van der Waals surface area (Å²) in [4.78, 5) is 53.3. The third kappa shape index (κ3) is 3.90. The van der Waals surface area contributed by atoms with Gasteiger partial charge >= 0.3 is 12.0 Å². The first-order valence-electron chi connectivity index (χ1n) is 11.2. The number of carbonyl (C=O) groups is 4. The van der Waals surface area contributed by atoms with E-state index in [1.54, 1.807) is 13.0 Å². The van der Waals surface area contributed by atoms with Crippen molar-refractivity contribution in [2.75, 3.05) is 18.5 Å². The highest BCUT2D eigenvalue weighted by Crippen LogP contribution is 2.54. The molecular weight excluding hydrogens is 442 g/mol. The molecule has 3 aliphatic rings. The maximum Gasteiger partial charge on any atom is 0.350 e. The van der Waals surface area contributed by atoms with E-state index < -0.39 is 30.0 Å². The second-order valence-electron chi connectivity index (χ2n) is 8.73. The van der Waals surface area contributed by atoms with Crippen molar-refractivity contribution in [3.05, 3.63) is 41.3 Å². The predicted molar refractivity (Wildman–Crippen MR) is 123 cm³/mol. The Hall–Kier alpha value is -3.20. The molecule has 1 aromatic heterocycles. The van der Waals surface area contributed by atoms with Gasteiger partial charge in [-0.1, -0.05) is 30.3 Å². The van der Waals surface area contributed by atoms with E-state index in [9.17, 15) is 19.2 Å². The minimum atomic E-state index is -0.837. The summed E-state index contributed by atoms with van der Waals surface area (Å²) in [5.41, 5.74) is 0.377. The summed E-state index contributed by atoms with van der Waals surface area (Å²) >= 11 is 1.22. The molecule has 0 atom stereocenters. The van der Waals surface area contributed by atoms with Crippen molar-refractivity contribution in [2.24, 2.45) is 11.8 Å². The van der Waals surface area contributed by atoms with Gasteiger partial charge in [0.05, 0.1) is 12.3 Å². The molecule has 9 heteroatoms. The first-order chi connectivity index (χ1) is 15.9. The van der Waals surface area contributed by atoms with Crippen LogP contribution in [0.1, 0.15) is 42.3 Å². The van der Waals surface area contributed by atoms with Crippen LogP contribution in [0, 0.1) is 11.8 Å². The van der Waals surface area contributed by atoms with Crippen LogP contribution in [-0.4, -0.2) is 47.4 Å². The molecule has 8 nitrogen and oxygen atoms in total. The molecule has 0 bridgehead atoms. The minimum absolute atomic E-state index is 0.162. The smallest absolute Gasteiger partial charge is 0.350 e. The SMILES string of the molecule is CCOC(=O)c1sc(-c2ccccc2)cc1NC(=O)CN1C(=O)NC(C2CC2)(C2CC2)C1=O. The first-order valence-corrected chi connectivity index (χ1v) is 12.1. The number of anilines is 1. The predicted octanol–water partition coefficient (Wildman–Crippen LogP) is 3.64. The van der Waals surface area contributed by atoms with Crippen molar-refractivity contribution >= 4 is 40.8 Å². The Balaban J connectivity index is 1.35. The van der Waals surface area contributed by atoms with Crippen LogP contribution in [0.15, 0.2) is 36.4 Å². The number of benzene rings is 1. The van der Waals surface area contributed by atoms with Crippen LogP contribution < -0.4 is 10.6 Å². The molecule has 2 saturated carbocycles. The number of nitrogens with zero attached hydrogens (tertiary/aromatic N) is 1. The molecule has 3 fully saturated rings. The summed E-state index contributed by atoms with van der Waals surface area (Å²) in [6.45, 7) is 1.52. The van der Waals surface area contributed by atoms with Gasteiger partial charge in [-0.3, -0.25) is 14.5 Å². The maximum absolute atomic E-state index is 13.2. The third-order valence-electron chi connectivity index (χ3n) is 6.43. The van der Waals surface area contributed by atoms with Crippen LogP contribution in [-0.2, 0) is 14.3 Å². The fraction of sp³-hybridized carbons (Fsp3) is 0.417. The highest BCUT2D eigenvalue weighted by molar-refractivity contribution is 7.18. The Bertz CT molecular complexity index is 1110. The van der Waals surface area contributed by atoms with E-state index in [4.69, 9.17) is 4.74 Å². The summed E-state index contributed by atoms with van der Waals surface area (Å²) in [5, 5.41) is 5.64. The molecule has 2 aliphatic carbocycles. The number of imide groups is 1. The second-order valence-corrected chi connectivity index (χ2v) is 9.78. The van der Waals surface area contributed by atoms with Crippen molar-refractivity contribution in [1.82, 2.24) is 10.2 Å². The van der Waals surface area contributed by atoms with Gasteiger partial charge in [-0.2, -0.15) is 0 Å². The van der Waals surface area contributed by atoms with Crippen LogP contribution in [0.2, 0.25) is 0 Å². The Morgan fingerprint density at radius 3 is 2.42 bits per heavy atom. The number of amides is 4. The summed E-state index contributed by atoms with van der Waals surface area (Å²) in [6.07, 6.45) is 3.68. The fourth-order valence-electron chi connectivity index (χ4n) is 4.63. The van der Waals surface area contributed by atoms with Crippen molar-refractivity contribution in [3.63, 3.8) is 0 Å². The third-order valence-corrected chi connectivity index (χ3v) is 7.59. The molecule has 5 rings (SSSR count). The Kier molecular flexibility index (Phi) is 5.44. The molecule has 2 N–H and O–H groups in total. The molecule has 4 amide bonds. The Labute approximate surface area is 195 Å². The zero-order valence-corrected chi connectivity index (χ0v) is 19.1. The van der Waals surface area contributed by atoms with E-state index in [1.165, 1.54) is 11.3 Å². The zero-order chi connectivity index (χ0) is 23.2. The summed E-state index contributed by atoms with van der Waals surface area (Å²) in [6, 6.07) is 10.7. The molecule has 1 saturated heterocycles. The lowest BCUT2D eigenvalue weighted by molar-refractivity contribution is -0.135. The lowest BCUT2D eigenvalue weighted by atomic mass is 9.87. The van der Waals surface area contributed by atoms with Crippen LogP contribution >= 0.6 is 11.3 Å². The highest BCUT2D eigenvalue weighted by atomic mass is 32.1. The van der Waals surface area contributed by atoms with Crippen molar-refractivity contribution in [1.29, 1.82) is 0 Å². The summed E-state index contributed by atoms with van der Waals surface area (Å²) in [5.74, 6) is -1.04. The maximum atomic E-state index is 13.2. The van der Waals surface area contributed by atoms with Gasteiger partial charge in [0.1, 0.15) is 17.0 Å². The van der Waals surface area contributed by atoms with Crippen molar-refractivity contribution < 1.29 is 23.9 Å². The molecule has 0 unspecified atom stereocenters. The summed E-state index contributed by atoms with van der Waals surface area (Å²) < 4.78 is 5.15. The Morgan fingerprint density at radius 1 is 1.15 bits per heavy atom. The lowest BCUT2D eigenvalue weighted by Gasteiger charge is -2.26. The lowest BCUT2D eigenvalue weighted by Crippen LogP contribution is -2.51. The molecular formula is C24H25N3O5S. The van der Waals surface area contributed by atoms with E-state index >= 15 is 0 Å². The quantitative estimate of drug-likeness (QED) is 0.456. The van der Waals surface area contributed by atoms with Crippen molar-refractivity contribution in [3.8, 4) is 10.4 Å². The van der Waals surface area contributed by atoms with E-state index in [-0.39, 0.29) is 29.2 Å². The molecule has 0 spiro atoms. The summed E-state index contributed by atoms with van der Waals surface area (Å²) in [7, 11) is 0. The van der Waals surface area contributed by atoms with Gasteiger partial charge in [0.2, 0.25) is 5.91 Å². The zero-order valence-electron chi connectivity index (χ0n) is 18.3. The van der Waals surface area contributed by atoms with Crippen LogP contribution in [0.4, 0.5) is 10.5 Å². The Morgan fingerprint density at radius 2 is 1.82 bits per heavy atom. The van der Waals surface area contributed by atoms with Crippen LogP contribution in [0.5, 0.6) is 0 Å². The minimum Gasteiger partial charge on any atom is -0.462 e. The van der Waals surface area contributed by atoms with Gasteiger partial charge in [0.25, 0.3) is 5.91 Å². The number of hydrogen-bond acceptors (Lipinski definition) is 6. The largest absolute Gasteiger partial charge is 0.462 e. The standard InChI is InChI=1S/C24H25N3O5S/c1-2-32-21(29)20-17(12-18(33-20)14-6-4-3-5-7-14)25-19(28)13-27-22(30)24(15-8-9-15,16-10-11-16)26-23(27)31/h3-7,12,15-16H,2,8-11,13H2,1H3,(H,25,28)(H,26,31). The van der Waals surface area contributed by atoms with Crippen molar-refractivity contribution in [2.45, 2.75) is 38.1 Å². The van der Waals surface area contributed by atoms with Gasteiger partial charge < -0.3 is 15.4 Å². The van der Waals surface area contributed by atoms with Crippen LogP contribution in [0.3, 0.4) is 0 Å². The average molecular weight is 468 g/mol. The van der Waals surface area contributed by atoms with E-state index in [0.29, 0.717) is 5.69 Å². The highest BCUT2D eigenvalue weighted by Gasteiger charge is 2.65. The number of esters is 1. The average Bonchev–Trinajstić information content (AvgIpc) is 3.73. The number of urea groups is 1. The fourth-order valence-corrected chi connectivity index (χ4v) is 5.64. The number of thiophene rings is 1. The van der Waals surface area contributed by atoms with Crippen LogP contribution in [0.25, 0.3) is 10.4 Å². The first kappa shape index (κ1) is 21.6.